The predicted molar refractivity (Wildman–Crippen MR) is 128 cm³/mol. The molecule has 7 heteroatoms. The maximum absolute atomic E-state index is 13.4. The number of hydrogen-bond donors (Lipinski definition) is 0. The molecule has 0 aliphatic carbocycles. The van der Waals surface area contributed by atoms with E-state index in [4.69, 9.17) is 27.9 Å². The van der Waals surface area contributed by atoms with Gasteiger partial charge in [-0.05, 0) is 49.4 Å². The monoisotopic (exact) mass is 514 g/mol. The topological polar surface area (TPSA) is 44.1 Å². The van der Waals surface area contributed by atoms with Crippen LogP contribution in [0.3, 0.4) is 0 Å². The third kappa shape index (κ3) is 4.26. The summed E-state index contributed by atoms with van der Waals surface area (Å²) in [4.78, 5) is 13.4. The summed E-state index contributed by atoms with van der Waals surface area (Å²) in [7, 11) is 1.57. The minimum atomic E-state index is -0.196. The number of hydrogen-bond acceptors (Lipinski definition) is 3. The summed E-state index contributed by atoms with van der Waals surface area (Å²) in [6, 6.07) is 20.0. The Morgan fingerprint density at radius 2 is 1.77 bits per heavy atom. The molecule has 0 unspecified atom stereocenters. The molecule has 0 aliphatic rings. The van der Waals surface area contributed by atoms with Crippen molar-refractivity contribution in [1.29, 1.82) is 0 Å². The van der Waals surface area contributed by atoms with Crippen LogP contribution in [0.1, 0.15) is 21.6 Å². The smallest absolute Gasteiger partial charge is 0.213 e. The number of carbonyl (C=O) groups excluding carboxylic acids is 1. The average Bonchev–Trinajstić information content (AvgIpc) is 3.10. The van der Waals surface area contributed by atoms with Crippen LogP contribution in [0.4, 0.5) is 0 Å². The van der Waals surface area contributed by atoms with Crippen LogP contribution < -0.4 is 4.74 Å². The van der Waals surface area contributed by atoms with Crippen LogP contribution in [0.5, 0.6) is 5.75 Å². The quantitative estimate of drug-likeness (QED) is 0.265. The van der Waals surface area contributed by atoms with Crippen LogP contribution >= 0.6 is 39.1 Å². The van der Waals surface area contributed by atoms with Crippen molar-refractivity contribution in [1.82, 2.24) is 9.78 Å². The van der Waals surface area contributed by atoms with Gasteiger partial charge in [-0.25, -0.2) is 4.68 Å². The molecule has 0 aliphatic heterocycles. The molecule has 0 radical (unpaired) electrons. The van der Waals surface area contributed by atoms with E-state index in [9.17, 15) is 4.79 Å². The standard InChI is InChI=1S/C24H17BrCl2N2O2/c1-14-22(24(30)16-4-3-5-19(12-16)31-2)28-29(21-11-10-18(26)13-20(21)27)23(14)15-6-8-17(25)9-7-15/h3-13H,1-2H3. The van der Waals surface area contributed by atoms with Crippen molar-refractivity contribution in [3.05, 3.63) is 98.1 Å². The molecule has 3 aromatic carbocycles. The van der Waals surface area contributed by atoms with Crippen molar-refractivity contribution in [2.24, 2.45) is 0 Å². The lowest BCUT2D eigenvalue weighted by molar-refractivity contribution is 0.103. The summed E-state index contributed by atoms with van der Waals surface area (Å²) in [5.41, 5.74) is 3.92. The van der Waals surface area contributed by atoms with Crippen molar-refractivity contribution in [3.63, 3.8) is 0 Å². The zero-order valence-corrected chi connectivity index (χ0v) is 19.8. The molecule has 0 bridgehead atoms. The first-order valence-corrected chi connectivity index (χ1v) is 10.9. The largest absolute Gasteiger partial charge is 0.497 e. The first kappa shape index (κ1) is 21.6. The van der Waals surface area contributed by atoms with Crippen molar-refractivity contribution in [3.8, 4) is 22.7 Å². The van der Waals surface area contributed by atoms with Crippen LogP contribution in [0.2, 0.25) is 10.0 Å². The molecule has 1 aromatic heterocycles. The minimum Gasteiger partial charge on any atom is -0.497 e. The van der Waals surface area contributed by atoms with Gasteiger partial charge in [-0.3, -0.25) is 4.79 Å². The fraction of sp³-hybridized carbons (Fsp3) is 0.0833. The molecule has 1 heterocycles. The zero-order valence-electron chi connectivity index (χ0n) is 16.7. The summed E-state index contributed by atoms with van der Waals surface area (Å²) in [6.07, 6.45) is 0. The van der Waals surface area contributed by atoms with Crippen LogP contribution in [0, 0.1) is 6.92 Å². The van der Waals surface area contributed by atoms with E-state index in [2.05, 4.69) is 21.0 Å². The normalized spacial score (nSPS) is 10.9. The second kappa shape index (κ2) is 8.87. The molecule has 31 heavy (non-hydrogen) atoms. The maximum Gasteiger partial charge on any atom is 0.213 e. The van der Waals surface area contributed by atoms with Crippen molar-refractivity contribution < 1.29 is 9.53 Å². The number of ether oxygens (including phenoxy) is 1. The third-order valence-electron chi connectivity index (χ3n) is 4.92. The second-order valence-electron chi connectivity index (χ2n) is 6.90. The van der Waals surface area contributed by atoms with Gasteiger partial charge in [-0.1, -0.05) is 63.4 Å². The summed E-state index contributed by atoms with van der Waals surface area (Å²) in [6.45, 7) is 1.89. The van der Waals surface area contributed by atoms with Gasteiger partial charge in [0.25, 0.3) is 0 Å². The number of benzene rings is 3. The van der Waals surface area contributed by atoms with Gasteiger partial charge in [0.1, 0.15) is 11.4 Å². The lowest BCUT2D eigenvalue weighted by Crippen LogP contribution is -2.06. The molecule has 0 spiro atoms. The lowest BCUT2D eigenvalue weighted by atomic mass is 10.0. The van der Waals surface area contributed by atoms with Crippen molar-refractivity contribution >= 4 is 44.9 Å². The number of ketones is 1. The Morgan fingerprint density at radius 1 is 1.03 bits per heavy atom. The second-order valence-corrected chi connectivity index (χ2v) is 8.66. The molecule has 0 amide bonds. The molecular weight excluding hydrogens is 499 g/mol. The molecule has 0 saturated heterocycles. The van der Waals surface area contributed by atoms with Gasteiger partial charge in [0.2, 0.25) is 5.78 Å². The van der Waals surface area contributed by atoms with Crippen molar-refractivity contribution in [2.45, 2.75) is 6.92 Å². The zero-order chi connectivity index (χ0) is 22.1. The first-order chi connectivity index (χ1) is 14.9. The van der Waals surface area contributed by atoms with Gasteiger partial charge in [-0.2, -0.15) is 5.10 Å². The molecule has 4 rings (SSSR count). The Bertz CT molecular complexity index is 1280. The van der Waals surface area contributed by atoms with E-state index in [-0.39, 0.29) is 5.78 Å². The number of rotatable bonds is 5. The molecular formula is C24H17BrCl2N2O2. The molecule has 4 aromatic rings. The molecule has 0 N–H and O–H groups in total. The Balaban J connectivity index is 1.93. The van der Waals surface area contributed by atoms with E-state index in [1.807, 2.05) is 31.2 Å². The van der Waals surface area contributed by atoms with Gasteiger partial charge in [0, 0.05) is 26.2 Å². The fourth-order valence-corrected chi connectivity index (χ4v) is 4.14. The van der Waals surface area contributed by atoms with E-state index in [0.717, 1.165) is 21.3 Å². The van der Waals surface area contributed by atoms with E-state index in [1.165, 1.54) is 0 Å². The molecule has 0 saturated carbocycles. The van der Waals surface area contributed by atoms with Crippen LogP contribution in [-0.2, 0) is 0 Å². The summed E-state index contributed by atoms with van der Waals surface area (Å²) in [5.74, 6) is 0.412. The van der Waals surface area contributed by atoms with Gasteiger partial charge in [0.15, 0.2) is 0 Å². The first-order valence-electron chi connectivity index (χ1n) is 9.39. The van der Waals surface area contributed by atoms with E-state index in [0.29, 0.717) is 32.7 Å². The van der Waals surface area contributed by atoms with E-state index in [1.54, 1.807) is 54.3 Å². The highest BCUT2D eigenvalue weighted by molar-refractivity contribution is 9.10. The predicted octanol–water partition coefficient (Wildman–Crippen LogP) is 7.16. The fourth-order valence-electron chi connectivity index (χ4n) is 3.39. The Kier molecular flexibility index (Phi) is 6.19. The lowest BCUT2D eigenvalue weighted by Gasteiger charge is -2.11. The highest BCUT2D eigenvalue weighted by Gasteiger charge is 2.24. The molecule has 0 fully saturated rings. The minimum absolute atomic E-state index is 0.196. The number of aromatic nitrogens is 2. The van der Waals surface area contributed by atoms with Gasteiger partial charge < -0.3 is 4.74 Å². The Hall–Kier alpha value is -2.60. The van der Waals surface area contributed by atoms with Crippen molar-refractivity contribution in [2.75, 3.05) is 7.11 Å². The SMILES string of the molecule is COc1cccc(C(=O)c2nn(-c3ccc(Cl)cc3Cl)c(-c3ccc(Br)cc3)c2C)c1. The summed E-state index contributed by atoms with van der Waals surface area (Å²) >= 11 is 16.0. The van der Waals surface area contributed by atoms with E-state index >= 15 is 0 Å². The maximum atomic E-state index is 13.4. The van der Waals surface area contributed by atoms with Gasteiger partial charge in [-0.15, -0.1) is 0 Å². The molecule has 0 atom stereocenters. The van der Waals surface area contributed by atoms with Gasteiger partial charge >= 0.3 is 0 Å². The molecule has 156 valence electrons. The highest BCUT2D eigenvalue weighted by Crippen LogP contribution is 2.34. The number of carbonyl (C=O) groups is 1. The van der Waals surface area contributed by atoms with Crippen LogP contribution in [0.15, 0.2) is 71.2 Å². The summed E-state index contributed by atoms with van der Waals surface area (Å²) < 4.78 is 7.92. The Labute approximate surface area is 198 Å². The average molecular weight is 516 g/mol. The highest BCUT2D eigenvalue weighted by atomic mass is 79.9. The molecule has 4 nitrogen and oxygen atoms in total. The van der Waals surface area contributed by atoms with Crippen LogP contribution in [0.25, 0.3) is 16.9 Å². The third-order valence-corrected chi connectivity index (χ3v) is 5.99. The van der Waals surface area contributed by atoms with Gasteiger partial charge in [0.05, 0.1) is 23.5 Å². The number of methoxy groups -OCH3 is 1. The Morgan fingerprint density at radius 3 is 2.45 bits per heavy atom. The van der Waals surface area contributed by atoms with E-state index < -0.39 is 0 Å². The number of halogens is 3. The van der Waals surface area contributed by atoms with Crippen LogP contribution in [-0.4, -0.2) is 22.7 Å². The summed E-state index contributed by atoms with van der Waals surface area (Å²) in [5, 5.41) is 5.65. The number of nitrogens with zero attached hydrogens (tertiary/aromatic N) is 2.